The molecule has 9 heteroatoms. The van der Waals surface area contributed by atoms with Crippen molar-refractivity contribution in [1.29, 1.82) is 0 Å². The molecular formula is C15H13Cl2N3O3S. The van der Waals surface area contributed by atoms with E-state index in [9.17, 15) is 14.4 Å². The third-order valence-corrected chi connectivity index (χ3v) is 5.85. The summed E-state index contributed by atoms with van der Waals surface area (Å²) >= 11 is 12.9. The normalized spacial score (nSPS) is 13.7. The second-order valence-corrected chi connectivity index (χ2v) is 7.36. The molecule has 0 radical (unpaired) electrons. The zero-order valence-corrected chi connectivity index (χ0v) is 15.0. The van der Waals surface area contributed by atoms with Crippen LogP contribution in [0.3, 0.4) is 0 Å². The van der Waals surface area contributed by atoms with Crippen LogP contribution in [0.1, 0.15) is 27.0 Å². The molecule has 0 spiro atoms. The average Bonchev–Trinajstić information content (AvgIpc) is 2.98. The van der Waals surface area contributed by atoms with Crippen LogP contribution in [-0.2, 0) is 24.3 Å². The van der Waals surface area contributed by atoms with Gasteiger partial charge in [0.1, 0.15) is 11.6 Å². The van der Waals surface area contributed by atoms with Crippen molar-refractivity contribution in [3.05, 3.63) is 48.0 Å². The predicted octanol–water partition coefficient (Wildman–Crippen LogP) is 2.40. The smallest absolute Gasteiger partial charge is 0.287 e. The van der Waals surface area contributed by atoms with Crippen LogP contribution in [-0.4, -0.2) is 32.9 Å². The highest BCUT2D eigenvalue weighted by molar-refractivity contribution is 7.14. The number of rotatable bonds is 3. The van der Waals surface area contributed by atoms with Crippen LogP contribution < -0.4 is 5.56 Å². The lowest BCUT2D eigenvalue weighted by Crippen LogP contribution is -2.33. The number of Topliss-reactive ketones (excluding diaryl/α,β-unsaturated/α-hetero) is 1. The van der Waals surface area contributed by atoms with Gasteiger partial charge in [0.25, 0.3) is 5.56 Å². The minimum absolute atomic E-state index is 0.0197. The Hall–Kier alpha value is -1.70. The molecule has 1 amide bonds. The summed E-state index contributed by atoms with van der Waals surface area (Å²) in [4.78, 5) is 39.3. The number of nitrogens with zero attached hydrogens (tertiary/aromatic N) is 3. The van der Waals surface area contributed by atoms with Crippen LogP contribution in [0.25, 0.3) is 0 Å². The van der Waals surface area contributed by atoms with Crippen molar-refractivity contribution in [2.24, 2.45) is 0 Å². The number of carbonyl (C=O) groups is 2. The van der Waals surface area contributed by atoms with E-state index in [0.29, 0.717) is 18.0 Å². The van der Waals surface area contributed by atoms with Gasteiger partial charge >= 0.3 is 0 Å². The van der Waals surface area contributed by atoms with Crippen molar-refractivity contribution in [3.8, 4) is 0 Å². The standard InChI is InChI=1S/C15H13Cl2N3O3S/c1-8(21)19-3-2-12-9(6-19)4-13(24-12)11(22)7-20-15(23)14(17)10(16)5-18-20/h4-5H,2-3,6-7H2,1H3. The summed E-state index contributed by atoms with van der Waals surface area (Å²) in [5, 5.41) is 3.75. The Morgan fingerprint density at radius 1 is 1.38 bits per heavy atom. The number of hydrogen-bond acceptors (Lipinski definition) is 5. The summed E-state index contributed by atoms with van der Waals surface area (Å²) in [7, 11) is 0. The van der Waals surface area contributed by atoms with Crippen LogP contribution in [0.2, 0.25) is 10.0 Å². The summed E-state index contributed by atoms with van der Waals surface area (Å²) in [6.45, 7) is 2.50. The van der Waals surface area contributed by atoms with E-state index in [1.165, 1.54) is 24.5 Å². The molecule has 126 valence electrons. The van der Waals surface area contributed by atoms with Gasteiger partial charge in [-0.05, 0) is 18.1 Å². The summed E-state index contributed by atoms with van der Waals surface area (Å²) < 4.78 is 0.997. The van der Waals surface area contributed by atoms with E-state index in [2.05, 4.69) is 5.10 Å². The van der Waals surface area contributed by atoms with Crippen molar-refractivity contribution in [1.82, 2.24) is 14.7 Å². The molecule has 3 rings (SSSR count). The van der Waals surface area contributed by atoms with Crippen LogP contribution in [0.15, 0.2) is 17.1 Å². The minimum Gasteiger partial charge on any atom is -0.338 e. The van der Waals surface area contributed by atoms with E-state index in [4.69, 9.17) is 23.2 Å². The van der Waals surface area contributed by atoms with Crippen molar-refractivity contribution in [2.75, 3.05) is 6.54 Å². The molecule has 0 bridgehead atoms. The van der Waals surface area contributed by atoms with Crippen LogP contribution in [0.4, 0.5) is 0 Å². The van der Waals surface area contributed by atoms with Gasteiger partial charge < -0.3 is 4.90 Å². The number of fused-ring (bicyclic) bond motifs is 1. The van der Waals surface area contributed by atoms with Crippen molar-refractivity contribution in [3.63, 3.8) is 0 Å². The van der Waals surface area contributed by atoms with Gasteiger partial charge in [-0.25, -0.2) is 4.68 Å². The Labute approximate surface area is 151 Å². The van der Waals surface area contributed by atoms with Gasteiger partial charge in [0.15, 0.2) is 5.78 Å². The van der Waals surface area contributed by atoms with E-state index in [1.54, 1.807) is 11.0 Å². The number of amides is 1. The molecule has 1 aliphatic rings. The third-order valence-electron chi connectivity index (χ3n) is 3.82. The van der Waals surface area contributed by atoms with Gasteiger partial charge in [0.05, 0.1) is 16.1 Å². The van der Waals surface area contributed by atoms with Gasteiger partial charge in [-0.15, -0.1) is 11.3 Å². The number of hydrogen-bond donors (Lipinski definition) is 0. The SMILES string of the molecule is CC(=O)N1CCc2sc(C(=O)Cn3ncc(Cl)c(Cl)c3=O)cc2C1. The van der Waals surface area contributed by atoms with Gasteiger partial charge in [-0.1, -0.05) is 23.2 Å². The van der Waals surface area contributed by atoms with E-state index in [0.717, 1.165) is 21.5 Å². The lowest BCUT2D eigenvalue weighted by Gasteiger charge is -2.25. The number of halogens is 2. The Morgan fingerprint density at radius 3 is 2.83 bits per heavy atom. The Bertz CT molecular complexity index is 891. The fraction of sp³-hybridized carbons (Fsp3) is 0.333. The molecule has 0 aromatic carbocycles. The van der Waals surface area contributed by atoms with E-state index in [-0.39, 0.29) is 28.3 Å². The molecule has 0 N–H and O–H groups in total. The zero-order valence-electron chi connectivity index (χ0n) is 12.7. The Morgan fingerprint density at radius 2 is 2.12 bits per heavy atom. The van der Waals surface area contributed by atoms with Crippen molar-refractivity contribution < 1.29 is 9.59 Å². The molecule has 0 unspecified atom stereocenters. The zero-order chi connectivity index (χ0) is 17.4. The highest BCUT2D eigenvalue weighted by atomic mass is 35.5. The molecular weight excluding hydrogens is 373 g/mol. The molecule has 0 fully saturated rings. The van der Waals surface area contributed by atoms with Crippen LogP contribution in [0, 0.1) is 0 Å². The first-order valence-electron chi connectivity index (χ1n) is 7.18. The minimum atomic E-state index is -0.596. The summed E-state index contributed by atoms with van der Waals surface area (Å²) in [5.74, 6) is -0.206. The second kappa shape index (κ2) is 6.66. The van der Waals surface area contributed by atoms with Gasteiger partial charge in [0.2, 0.25) is 5.91 Å². The molecule has 2 aromatic rings. The first kappa shape index (κ1) is 17.1. The maximum Gasteiger partial charge on any atom is 0.287 e. The molecule has 3 heterocycles. The summed E-state index contributed by atoms with van der Waals surface area (Å²) in [6, 6.07) is 1.79. The number of thiophene rings is 1. The molecule has 0 atom stereocenters. The predicted molar refractivity (Wildman–Crippen MR) is 92.0 cm³/mol. The number of aromatic nitrogens is 2. The highest BCUT2D eigenvalue weighted by Crippen LogP contribution is 2.28. The van der Waals surface area contributed by atoms with E-state index in [1.807, 2.05) is 0 Å². The topological polar surface area (TPSA) is 72.3 Å². The molecule has 6 nitrogen and oxygen atoms in total. The summed E-state index contributed by atoms with van der Waals surface area (Å²) in [5.41, 5.74) is 0.390. The average molecular weight is 386 g/mol. The molecule has 0 aliphatic carbocycles. The van der Waals surface area contributed by atoms with Crippen molar-refractivity contribution in [2.45, 2.75) is 26.4 Å². The first-order chi connectivity index (χ1) is 11.4. The van der Waals surface area contributed by atoms with Gasteiger partial charge in [-0.2, -0.15) is 5.10 Å². The fourth-order valence-corrected chi connectivity index (χ4v) is 3.87. The van der Waals surface area contributed by atoms with E-state index < -0.39 is 5.56 Å². The number of ketones is 1. The van der Waals surface area contributed by atoms with Gasteiger partial charge in [-0.3, -0.25) is 14.4 Å². The van der Waals surface area contributed by atoms with Crippen molar-refractivity contribution >= 4 is 46.2 Å². The fourth-order valence-electron chi connectivity index (χ4n) is 2.51. The first-order valence-corrected chi connectivity index (χ1v) is 8.75. The molecule has 24 heavy (non-hydrogen) atoms. The molecule has 1 aliphatic heterocycles. The lowest BCUT2D eigenvalue weighted by atomic mass is 10.1. The second-order valence-electron chi connectivity index (χ2n) is 5.44. The quantitative estimate of drug-likeness (QED) is 0.760. The highest BCUT2D eigenvalue weighted by Gasteiger charge is 2.23. The summed E-state index contributed by atoms with van der Waals surface area (Å²) in [6.07, 6.45) is 1.97. The molecule has 0 saturated heterocycles. The third kappa shape index (κ3) is 3.24. The Kier molecular flexibility index (Phi) is 4.76. The Balaban J connectivity index is 1.81. The van der Waals surface area contributed by atoms with Gasteiger partial charge in [0, 0.05) is 24.9 Å². The maximum atomic E-state index is 12.4. The largest absolute Gasteiger partial charge is 0.338 e. The van der Waals surface area contributed by atoms with Crippen LogP contribution >= 0.6 is 34.5 Å². The lowest BCUT2D eigenvalue weighted by molar-refractivity contribution is -0.129. The number of carbonyl (C=O) groups excluding carboxylic acids is 2. The molecule has 2 aromatic heterocycles. The monoisotopic (exact) mass is 385 g/mol. The van der Waals surface area contributed by atoms with Crippen LogP contribution in [0.5, 0.6) is 0 Å². The molecule has 0 saturated carbocycles. The maximum absolute atomic E-state index is 12.4. The van der Waals surface area contributed by atoms with E-state index >= 15 is 0 Å².